The Morgan fingerprint density at radius 1 is 1.11 bits per heavy atom. The van der Waals surface area contributed by atoms with Crippen LogP contribution in [0.5, 0.6) is 0 Å². The Morgan fingerprint density at radius 3 is 2.30 bits per heavy atom. The minimum absolute atomic E-state index is 0.0640. The molecule has 1 aliphatic heterocycles. The van der Waals surface area contributed by atoms with Crippen LogP contribution in [0, 0.1) is 0 Å². The molecule has 2 atom stereocenters. The van der Waals surface area contributed by atoms with E-state index in [4.69, 9.17) is 23.2 Å². The molecule has 7 heteroatoms. The number of carboxylic acid groups (broad SMARTS) is 1. The first-order valence-electron chi connectivity index (χ1n) is 8.58. The Balaban J connectivity index is 1.94. The summed E-state index contributed by atoms with van der Waals surface area (Å²) in [5.74, 6) is -0.143. The van der Waals surface area contributed by atoms with Gasteiger partial charge < -0.3 is 14.9 Å². The lowest BCUT2D eigenvalue weighted by atomic mass is 9.89. The molecule has 0 aliphatic carbocycles. The van der Waals surface area contributed by atoms with Crippen molar-refractivity contribution in [1.82, 2.24) is 9.80 Å². The number of nitrogens with zero attached hydrogens (tertiary/aromatic N) is 2. The van der Waals surface area contributed by atoms with E-state index in [9.17, 15) is 14.7 Å². The third-order valence-electron chi connectivity index (χ3n) is 5.12. The van der Waals surface area contributed by atoms with E-state index >= 15 is 0 Å². The van der Waals surface area contributed by atoms with Crippen LogP contribution in [0.3, 0.4) is 0 Å². The summed E-state index contributed by atoms with van der Waals surface area (Å²) in [5.41, 5.74) is 2.45. The van der Waals surface area contributed by atoms with Crippen LogP contribution < -0.4 is 0 Å². The molecule has 0 unspecified atom stereocenters. The van der Waals surface area contributed by atoms with Gasteiger partial charge in [0.1, 0.15) is 0 Å². The SMILES string of the molecule is C[C@H]1c2ccccc2[C@H](N(C)C(=O)O)CN1C(=O)Cc1c(Cl)cccc1Cl. The summed E-state index contributed by atoms with van der Waals surface area (Å²) in [6.07, 6.45) is -0.972. The molecule has 0 bridgehead atoms. The van der Waals surface area contributed by atoms with Gasteiger partial charge in [0.2, 0.25) is 5.91 Å². The Morgan fingerprint density at radius 2 is 1.70 bits per heavy atom. The number of rotatable bonds is 3. The highest BCUT2D eigenvalue weighted by atomic mass is 35.5. The largest absolute Gasteiger partial charge is 0.465 e. The van der Waals surface area contributed by atoms with Crippen molar-refractivity contribution in [3.8, 4) is 0 Å². The standard InChI is InChI=1S/C20H20Cl2N2O3/c1-12-13-6-3-4-7-14(13)18(23(2)20(26)27)11-24(12)19(25)10-15-16(21)8-5-9-17(15)22/h3-9,12,18H,10-11H2,1-2H3,(H,26,27)/t12-,18+/m0/s1. The molecule has 0 fully saturated rings. The number of benzene rings is 2. The molecule has 0 saturated heterocycles. The van der Waals surface area contributed by atoms with Crippen LogP contribution in [-0.4, -0.2) is 40.5 Å². The first-order chi connectivity index (χ1) is 12.8. The lowest BCUT2D eigenvalue weighted by Crippen LogP contribution is -2.47. The quantitative estimate of drug-likeness (QED) is 0.796. The summed E-state index contributed by atoms with van der Waals surface area (Å²) in [6.45, 7) is 2.23. The fourth-order valence-electron chi connectivity index (χ4n) is 3.54. The van der Waals surface area contributed by atoms with Crippen LogP contribution in [0.4, 0.5) is 4.79 Å². The Hall–Kier alpha value is -2.24. The van der Waals surface area contributed by atoms with Crippen LogP contribution in [0.25, 0.3) is 0 Å². The molecule has 2 aromatic rings. The predicted molar refractivity (Wildman–Crippen MR) is 105 cm³/mol. The van der Waals surface area contributed by atoms with E-state index in [2.05, 4.69) is 0 Å². The number of carbonyl (C=O) groups is 2. The minimum atomic E-state index is -1.04. The Bertz CT molecular complexity index is 867. The monoisotopic (exact) mass is 406 g/mol. The lowest BCUT2D eigenvalue weighted by molar-refractivity contribution is -0.134. The van der Waals surface area contributed by atoms with Crippen molar-refractivity contribution in [2.45, 2.75) is 25.4 Å². The number of hydrogen-bond donors (Lipinski definition) is 1. The molecule has 0 aromatic heterocycles. The van der Waals surface area contributed by atoms with Gasteiger partial charge in [-0.2, -0.15) is 0 Å². The predicted octanol–water partition coefficient (Wildman–Crippen LogP) is 4.79. The lowest BCUT2D eigenvalue weighted by Gasteiger charge is -2.42. The van der Waals surface area contributed by atoms with Gasteiger partial charge in [-0.3, -0.25) is 4.79 Å². The number of hydrogen-bond acceptors (Lipinski definition) is 2. The van der Waals surface area contributed by atoms with Crippen molar-refractivity contribution in [1.29, 1.82) is 0 Å². The van der Waals surface area contributed by atoms with Gasteiger partial charge in [0, 0.05) is 23.6 Å². The van der Waals surface area contributed by atoms with E-state index in [0.717, 1.165) is 11.1 Å². The molecule has 1 heterocycles. The molecule has 2 amide bonds. The second kappa shape index (κ2) is 7.79. The maximum atomic E-state index is 13.1. The molecule has 0 spiro atoms. The fraction of sp³-hybridized carbons (Fsp3) is 0.300. The number of amides is 2. The van der Waals surface area contributed by atoms with Crippen molar-refractivity contribution >= 4 is 35.2 Å². The topological polar surface area (TPSA) is 60.9 Å². The summed E-state index contributed by atoms with van der Waals surface area (Å²) < 4.78 is 0. The molecule has 3 rings (SSSR count). The maximum Gasteiger partial charge on any atom is 0.407 e. The Kier molecular flexibility index (Phi) is 5.63. The van der Waals surface area contributed by atoms with Gasteiger partial charge in [-0.15, -0.1) is 0 Å². The van der Waals surface area contributed by atoms with Gasteiger partial charge in [0.05, 0.1) is 18.5 Å². The van der Waals surface area contributed by atoms with E-state index in [1.807, 2.05) is 31.2 Å². The average Bonchev–Trinajstić information content (AvgIpc) is 2.64. The first kappa shape index (κ1) is 19.5. The second-order valence-electron chi connectivity index (χ2n) is 6.64. The Labute approximate surface area is 168 Å². The van der Waals surface area contributed by atoms with E-state index in [1.54, 1.807) is 23.1 Å². The van der Waals surface area contributed by atoms with Crippen molar-refractivity contribution in [3.63, 3.8) is 0 Å². The second-order valence-corrected chi connectivity index (χ2v) is 7.45. The summed E-state index contributed by atoms with van der Waals surface area (Å²) in [5, 5.41) is 10.3. The van der Waals surface area contributed by atoms with Gasteiger partial charge in [-0.05, 0) is 35.7 Å². The van der Waals surface area contributed by atoms with Gasteiger partial charge >= 0.3 is 6.09 Å². The van der Waals surface area contributed by atoms with E-state index in [0.29, 0.717) is 15.6 Å². The fourth-order valence-corrected chi connectivity index (χ4v) is 4.07. The van der Waals surface area contributed by atoms with Crippen LogP contribution >= 0.6 is 23.2 Å². The molecule has 0 radical (unpaired) electrons. The first-order valence-corrected chi connectivity index (χ1v) is 9.33. The van der Waals surface area contributed by atoms with Crippen molar-refractivity contribution < 1.29 is 14.7 Å². The van der Waals surface area contributed by atoms with Gasteiger partial charge in [0.15, 0.2) is 0 Å². The molecule has 27 heavy (non-hydrogen) atoms. The zero-order valence-electron chi connectivity index (χ0n) is 15.0. The van der Waals surface area contributed by atoms with Crippen molar-refractivity contribution in [2.24, 2.45) is 0 Å². The van der Waals surface area contributed by atoms with Gasteiger partial charge in [0.25, 0.3) is 0 Å². The minimum Gasteiger partial charge on any atom is -0.465 e. The normalized spacial score (nSPS) is 18.7. The molecular weight excluding hydrogens is 387 g/mol. The van der Waals surface area contributed by atoms with Crippen LogP contribution in [0.1, 0.15) is 35.7 Å². The molecular formula is C20H20Cl2N2O3. The van der Waals surface area contributed by atoms with Crippen LogP contribution in [0.15, 0.2) is 42.5 Å². The summed E-state index contributed by atoms with van der Waals surface area (Å²) >= 11 is 12.4. The van der Waals surface area contributed by atoms with E-state index in [-0.39, 0.29) is 24.9 Å². The van der Waals surface area contributed by atoms with Crippen molar-refractivity contribution in [2.75, 3.05) is 13.6 Å². The van der Waals surface area contributed by atoms with E-state index in [1.165, 1.54) is 11.9 Å². The highest BCUT2D eigenvalue weighted by molar-refractivity contribution is 6.36. The highest BCUT2D eigenvalue weighted by Gasteiger charge is 2.36. The van der Waals surface area contributed by atoms with Crippen molar-refractivity contribution in [3.05, 3.63) is 69.2 Å². The average molecular weight is 407 g/mol. The van der Waals surface area contributed by atoms with Crippen LogP contribution in [-0.2, 0) is 11.2 Å². The highest BCUT2D eigenvalue weighted by Crippen LogP contribution is 2.38. The zero-order chi connectivity index (χ0) is 19.7. The summed E-state index contributed by atoms with van der Waals surface area (Å²) in [7, 11) is 1.52. The molecule has 1 N–H and O–H groups in total. The molecule has 0 saturated carbocycles. The smallest absolute Gasteiger partial charge is 0.407 e. The van der Waals surface area contributed by atoms with Gasteiger partial charge in [-0.25, -0.2) is 4.79 Å². The number of halogens is 2. The van der Waals surface area contributed by atoms with Gasteiger partial charge in [-0.1, -0.05) is 53.5 Å². The molecule has 1 aliphatic rings. The molecule has 142 valence electrons. The number of carbonyl (C=O) groups excluding carboxylic acids is 1. The molecule has 5 nitrogen and oxygen atoms in total. The summed E-state index contributed by atoms with van der Waals surface area (Å²) in [6, 6.07) is 12.2. The van der Waals surface area contributed by atoms with Crippen LogP contribution in [0.2, 0.25) is 10.0 Å². The van der Waals surface area contributed by atoms with E-state index < -0.39 is 12.1 Å². The third-order valence-corrected chi connectivity index (χ3v) is 5.83. The number of likely N-dealkylation sites (N-methyl/N-ethyl adjacent to an activating group) is 1. The maximum absolute atomic E-state index is 13.1. The third kappa shape index (κ3) is 3.75. The summed E-state index contributed by atoms with van der Waals surface area (Å²) in [4.78, 5) is 27.6. The number of fused-ring (bicyclic) bond motifs is 1. The zero-order valence-corrected chi connectivity index (χ0v) is 16.5. The molecule has 2 aromatic carbocycles.